The second-order valence-electron chi connectivity index (χ2n) is 10.6. The van der Waals surface area contributed by atoms with Gasteiger partial charge in [-0.3, -0.25) is 9.41 Å². The van der Waals surface area contributed by atoms with Gasteiger partial charge in [0.25, 0.3) is 0 Å². The van der Waals surface area contributed by atoms with Gasteiger partial charge in [-0.05, 0) is 81.2 Å². The Balaban J connectivity index is -0.000000144. The first-order chi connectivity index (χ1) is 27.3. The van der Waals surface area contributed by atoms with Crippen LogP contribution < -0.4 is 5.32 Å². The maximum absolute atomic E-state index is 3.29. The van der Waals surface area contributed by atoms with Gasteiger partial charge in [0.1, 0.15) is 0 Å². The summed E-state index contributed by atoms with van der Waals surface area (Å²) in [5.41, 5.74) is 7.74. The molecule has 0 aliphatic carbocycles. The molecule has 0 saturated heterocycles. The van der Waals surface area contributed by atoms with Gasteiger partial charge in [-0.15, -0.1) is 0 Å². The molecule has 0 fully saturated rings. The minimum Gasteiger partial charge on any atom is -0.361 e. The number of nitrogens with one attached hydrogen (secondary N) is 5. The van der Waals surface area contributed by atoms with Crippen LogP contribution in [0.3, 0.4) is 0 Å². The van der Waals surface area contributed by atoms with Gasteiger partial charge in [0, 0.05) is 59.9 Å². The molecule has 0 unspecified atom stereocenters. The Labute approximate surface area is 370 Å². The van der Waals surface area contributed by atoms with Gasteiger partial charge in [0.15, 0.2) is 0 Å². The topological polar surface area (TPSA) is 75.2 Å². The number of H-pyrrole nitrogens is 4. The molecule has 5 heterocycles. The Hall–Kier alpha value is -5.92. The number of halogens is 2. The summed E-state index contributed by atoms with van der Waals surface area (Å²) < 4.78 is 0. The molecule has 340 valence electrons. The first-order valence-corrected chi connectivity index (χ1v) is 20.2. The average molecular weight is 842 g/mol. The predicted octanol–water partition coefficient (Wildman–Crippen LogP) is 17.9. The molecule has 1 aliphatic rings. The largest absolute Gasteiger partial charge is 0.361 e. The summed E-state index contributed by atoms with van der Waals surface area (Å²) in [7, 11) is 0. The van der Waals surface area contributed by atoms with Crippen LogP contribution in [0, 0.1) is 0 Å². The number of hydrogen-bond acceptors (Lipinski definition) is 1. The van der Waals surface area contributed by atoms with Gasteiger partial charge in [-0.1, -0.05) is 196 Å². The zero-order valence-electron chi connectivity index (χ0n) is 35.9. The molecule has 5 aromatic carbocycles. The SMILES string of the molecule is C.C.C.C.CC.CC.CC.CC.CC.F.F.c1ccc2[nH]ccc2c1.c1ccc2[nH]ccc2c1.c1ccc2[nH]ccc2c1.c1ccc2[nH]ccc2c1.c1ccc2c(c1)CNC2. The zero-order chi connectivity index (χ0) is 40.5. The van der Waals surface area contributed by atoms with Crippen molar-refractivity contribution in [1.82, 2.24) is 25.3 Å². The highest BCUT2D eigenvalue weighted by molar-refractivity contribution is 5.80. The highest BCUT2D eigenvalue weighted by atomic mass is 19.0. The molecule has 0 atom stereocenters. The molecule has 0 saturated carbocycles. The van der Waals surface area contributed by atoms with Crippen molar-refractivity contribution in [3.63, 3.8) is 0 Å². The lowest BCUT2D eigenvalue weighted by molar-refractivity contribution is 0.765. The smallest absolute Gasteiger partial charge is 0.0453 e. The molecule has 0 amide bonds. The lowest BCUT2D eigenvalue weighted by atomic mass is 10.1. The fourth-order valence-corrected chi connectivity index (χ4v) is 5.21. The van der Waals surface area contributed by atoms with E-state index < -0.39 is 0 Å². The Morgan fingerprint density at radius 2 is 0.475 bits per heavy atom. The Kier molecular flexibility index (Phi) is 47.9. The second-order valence-corrected chi connectivity index (χ2v) is 10.6. The lowest BCUT2D eigenvalue weighted by Crippen LogP contribution is -1.99. The van der Waals surface area contributed by atoms with Gasteiger partial charge >= 0.3 is 0 Å². The molecular formula is C54H85F2N5. The van der Waals surface area contributed by atoms with E-state index >= 15 is 0 Å². The molecule has 9 aromatic rings. The van der Waals surface area contributed by atoms with Crippen molar-refractivity contribution in [2.24, 2.45) is 0 Å². The van der Waals surface area contributed by atoms with E-state index in [1.807, 2.05) is 143 Å². The summed E-state index contributed by atoms with van der Waals surface area (Å²) in [4.78, 5) is 12.5. The van der Waals surface area contributed by atoms with Crippen molar-refractivity contribution < 1.29 is 9.41 Å². The molecule has 5 N–H and O–H groups in total. The lowest BCUT2D eigenvalue weighted by Gasteiger charge is -1.91. The average Bonchev–Trinajstić information content (AvgIpc) is 4.15. The van der Waals surface area contributed by atoms with Gasteiger partial charge in [-0.2, -0.15) is 0 Å². The van der Waals surface area contributed by atoms with Crippen LogP contribution in [0.15, 0.2) is 170 Å². The fraction of sp³-hybridized carbons (Fsp3) is 0.296. The van der Waals surface area contributed by atoms with E-state index in [-0.39, 0.29) is 39.1 Å². The van der Waals surface area contributed by atoms with Crippen molar-refractivity contribution in [2.45, 2.75) is 112 Å². The predicted molar refractivity (Wildman–Crippen MR) is 279 cm³/mol. The number of hydrogen-bond donors (Lipinski definition) is 5. The van der Waals surface area contributed by atoms with Crippen molar-refractivity contribution in [1.29, 1.82) is 0 Å². The van der Waals surface area contributed by atoms with Gasteiger partial charge in [0.05, 0.1) is 0 Å². The number of benzene rings is 5. The molecule has 10 rings (SSSR count). The maximum Gasteiger partial charge on any atom is 0.0453 e. The molecule has 0 spiro atoms. The molecule has 61 heavy (non-hydrogen) atoms. The summed E-state index contributed by atoms with van der Waals surface area (Å²) in [6.45, 7) is 22.1. The van der Waals surface area contributed by atoms with Crippen LogP contribution in [-0.4, -0.2) is 19.9 Å². The first kappa shape index (κ1) is 66.9. The number of rotatable bonds is 0. The van der Waals surface area contributed by atoms with E-state index in [1.54, 1.807) is 0 Å². The second kappa shape index (κ2) is 43.7. The molecule has 0 bridgehead atoms. The first-order valence-electron chi connectivity index (χ1n) is 20.2. The molecule has 7 heteroatoms. The van der Waals surface area contributed by atoms with Crippen molar-refractivity contribution in [3.05, 3.63) is 182 Å². The standard InChI is InChI=1S/C8H9N.4C8H7N.5C2H6.4CH4.2FH/c1-2-4-8-6-9-5-7(8)3-1;4*1-2-4-8-7(3-1)5-6-9-8;5*1-2;;;;;;/h1-4,9H,5-6H2;4*1-6,9H;5*1-2H3;4*1H4;2*1H. The van der Waals surface area contributed by atoms with Crippen LogP contribution in [0.1, 0.15) is 110 Å². The Morgan fingerprint density at radius 1 is 0.279 bits per heavy atom. The van der Waals surface area contributed by atoms with Crippen molar-refractivity contribution in [2.75, 3.05) is 0 Å². The van der Waals surface area contributed by atoms with E-state index in [9.17, 15) is 0 Å². The van der Waals surface area contributed by atoms with Gasteiger partial charge in [-0.25, -0.2) is 0 Å². The monoisotopic (exact) mass is 842 g/mol. The third-order valence-corrected chi connectivity index (χ3v) is 7.60. The van der Waals surface area contributed by atoms with Crippen LogP contribution in [0.25, 0.3) is 43.6 Å². The fourth-order valence-electron chi connectivity index (χ4n) is 5.21. The highest BCUT2D eigenvalue weighted by Gasteiger charge is 2.06. The van der Waals surface area contributed by atoms with Crippen LogP contribution >= 0.6 is 0 Å². The van der Waals surface area contributed by atoms with E-state index in [4.69, 9.17) is 0 Å². The minimum atomic E-state index is 0. The zero-order valence-corrected chi connectivity index (χ0v) is 35.9. The summed E-state index contributed by atoms with van der Waals surface area (Å²) in [5.74, 6) is 0. The highest BCUT2D eigenvalue weighted by Crippen LogP contribution is 2.14. The molecule has 0 radical (unpaired) electrons. The molecule has 5 nitrogen and oxygen atoms in total. The third-order valence-electron chi connectivity index (χ3n) is 7.60. The van der Waals surface area contributed by atoms with Crippen LogP contribution in [0.5, 0.6) is 0 Å². The van der Waals surface area contributed by atoms with E-state index in [0.717, 1.165) is 13.1 Å². The number of aromatic amines is 4. The summed E-state index contributed by atoms with van der Waals surface area (Å²) in [6.07, 6.45) is 7.80. The van der Waals surface area contributed by atoms with Crippen LogP contribution in [0.2, 0.25) is 0 Å². The third kappa shape index (κ3) is 23.5. The maximum atomic E-state index is 3.29. The quantitative estimate of drug-likeness (QED) is 0.104. The number of aromatic nitrogens is 4. The van der Waals surface area contributed by atoms with Crippen molar-refractivity contribution in [3.8, 4) is 0 Å². The normalized spacial score (nSPS) is 8.82. The minimum absolute atomic E-state index is 0. The molecule has 4 aromatic heterocycles. The van der Waals surface area contributed by atoms with E-state index in [1.165, 1.54) is 54.7 Å². The van der Waals surface area contributed by atoms with Crippen LogP contribution in [0.4, 0.5) is 9.41 Å². The summed E-state index contributed by atoms with van der Waals surface area (Å²) >= 11 is 0. The van der Waals surface area contributed by atoms with E-state index in [0.29, 0.717) is 0 Å². The Bertz CT molecular complexity index is 1780. The van der Waals surface area contributed by atoms with E-state index in [2.05, 4.69) is 122 Å². The summed E-state index contributed by atoms with van der Waals surface area (Å²) in [5, 5.41) is 8.39. The Morgan fingerprint density at radius 3 is 0.689 bits per heavy atom. The van der Waals surface area contributed by atoms with Gasteiger partial charge < -0.3 is 25.3 Å². The number of para-hydroxylation sites is 4. The van der Waals surface area contributed by atoms with Crippen LogP contribution in [-0.2, 0) is 13.1 Å². The van der Waals surface area contributed by atoms with Crippen molar-refractivity contribution >= 4 is 43.6 Å². The number of fused-ring (bicyclic) bond motifs is 5. The summed E-state index contributed by atoms with van der Waals surface area (Å²) in [6, 6.07) is 49.7. The molecular weight excluding hydrogens is 757 g/mol. The van der Waals surface area contributed by atoms with Gasteiger partial charge in [0.2, 0.25) is 0 Å². The molecule has 1 aliphatic heterocycles.